The van der Waals surface area contributed by atoms with Gasteiger partial charge in [0.1, 0.15) is 0 Å². The number of hydrogen-bond acceptors (Lipinski definition) is 2. The molecule has 1 heterocycles. The summed E-state index contributed by atoms with van der Waals surface area (Å²) >= 11 is 1.98. The van der Waals surface area contributed by atoms with Gasteiger partial charge >= 0.3 is 0 Å². The second-order valence-electron chi connectivity index (χ2n) is 5.77. The standard InChI is InChI=1S/C17H22OS/c1-13-6-2-3-8-15(13)11-18-12-16-10-14-7-4-5-9-17(14)19-16/h2-5,7,9,13,15-16H,6,8,10-12H2,1H3. The Morgan fingerprint density at radius 3 is 2.84 bits per heavy atom. The summed E-state index contributed by atoms with van der Waals surface area (Å²) in [6.45, 7) is 4.17. The molecular formula is C17H22OS. The monoisotopic (exact) mass is 274 g/mol. The Hall–Kier alpha value is -0.730. The zero-order chi connectivity index (χ0) is 13.1. The lowest BCUT2D eigenvalue weighted by molar-refractivity contribution is 0.0804. The van der Waals surface area contributed by atoms with Gasteiger partial charge in [0.05, 0.1) is 6.61 Å². The number of fused-ring (bicyclic) bond motifs is 1. The Morgan fingerprint density at radius 1 is 1.16 bits per heavy atom. The Morgan fingerprint density at radius 2 is 2.00 bits per heavy atom. The first-order chi connectivity index (χ1) is 9.33. The summed E-state index contributed by atoms with van der Waals surface area (Å²) in [5, 5.41) is 0.617. The topological polar surface area (TPSA) is 9.23 Å². The molecule has 2 heteroatoms. The van der Waals surface area contributed by atoms with E-state index in [4.69, 9.17) is 4.74 Å². The molecule has 0 radical (unpaired) electrons. The summed E-state index contributed by atoms with van der Waals surface area (Å²) in [5.74, 6) is 1.50. The molecule has 3 unspecified atom stereocenters. The highest BCUT2D eigenvalue weighted by molar-refractivity contribution is 8.00. The van der Waals surface area contributed by atoms with E-state index < -0.39 is 0 Å². The van der Waals surface area contributed by atoms with E-state index in [0.29, 0.717) is 5.25 Å². The van der Waals surface area contributed by atoms with Crippen molar-refractivity contribution >= 4 is 11.8 Å². The van der Waals surface area contributed by atoms with Crippen LogP contribution in [0.1, 0.15) is 25.3 Å². The van der Waals surface area contributed by atoms with Crippen molar-refractivity contribution in [2.24, 2.45) is 11.8 Å². The molecule has 1 aromatic carbocycles. The summed E-state index contributed by atoms with van der Waals surface area (Å²) in [5.41, 5.74) is 1.50. The highest BCUT2D eigenvalue weighted by Gasteiger charge is 2.23. The van der Waals surface area contributed by atoms with Gasteiger partial charge in [-0.15, -0.1) is 11.8 Å². The Labute approximate surface area is 120 Å². The fourth-order valence-electron chi connectivity index (χ4n) is 2.94. The maximum Gasteiger partial charge on any atom is 0.0591 e. The highest BCUT2D eigenvalue weighted by Crippen LogP contribution is 2.37. The summed E-state index contributed by atoms with van der Waals surface area (Å²) in [4.78, 5) is 1.45. The molecule has 0 N–H and O–H groups in total. The molecule has 0 spiro atoms. The van der Waals surface area contributed by atoms with E-state index in [0.717, 1.165) is 25.0 Å². The van der Waals surface area contributed by atoms with Crippen LogP contribution in [-0.2, 0) is 11.2 Å². The van der Waals surface area contributed by atoms with Gasteiger partial charge in [-0.25, -0.2) is 0 Å². The number of allylic oxidation sites excluding steroid dienone is 2. The van der Waals surface area contributed by atoms with Gasteiger partial charge in [0, 0.05) is 16.8 Å². The summed E-state index contributed by atoms with van der Waals surface area (Å²) < 4.78 is 6.00. The van der Waals surface area contributed by atoms with Gasteiger partial charge in [0.25, 0.3) is 0 Å². The van der Waals surface area contributed by atoms with Gasteiger partial charge in [-0.3, -0.25) is 0 Å². The minimum atomic E-state index is 0.617. The predicted octanol–water partition coefficient (Wildman–Crippen LogP) is 4.32. The van der Waals surface area contributed by atoms with Crippen LogP contribution in [0.15, 0.2) is 41.3 Å². The largest absolute Gasteiger partial charge is 0.380 e. The zero-order valence-electron chi connectivity index (χ0n) is 11.5. The van der Waals surface area contributed by atoms with Crippen LogP contribution in [0.5, 0.6) is 0 Å². The van der Waals surface area contributed by atoms with E-state index in [1.807, 2.05) is 11.8 Å². The third-order valence-corrected chi connectivity index (χ3v) is 5.56. The highest BCUT2D eigenvalue weighted by atomic mass is 32.2. The molecule has 0 amide bonds. The third kappa shape index (κ3) is 3.24. The first-order valence-electron chi connectivity index (χ1n) is 7.30. The SMILES string of the molecule is CC1CC=CCC1COCC1Cc2ccccc2S1. The molecule has 0 bridgehead atoms. The van der Waals surface area contributed by atoms with Crippen molar-refractivity contribution in [3.63, 3.8) is 0 Å². The van der Waals surface area contributed by atoms with Crippen molar-refractivity contribution in [3.8, 4) is 0 Å². The molecule has 1 aliphatic carbocycles. The predicted molar refractivity (Wildman–Crippen MR) is 81.6 cm³/mol. The molecule has 0 fully saturated rings. The molecule has 102 valence electrons. The normalized spacial score (nSPS) is 29.4. The van der Waals surface area contributed by atoms with E-state index in [1.165, 1.54) is 29.7 Å². The fraction of sp³-hybridized carbons (Fsp3) is 0.529. The molecule has 19 heavy (non-hydrogen) atoms. The molecule has 1 nitrogen and oxygen atoms in total. The number of ether oxygens (including phenoxy) is 1. The lowest BCUT2D eigenvalue weighted by atomic mass is 9.85. The van der Waals surface area contributed by atoms with Crippen LogP contribution in [0.3, 0.4) is 0 Å². The van der Waals surface area contributed by atoms with Gasteiger partial charge in [0.2, 0.25) is 0 Å². The Balaban J connectivity index is 1.43. The smallest absolute Gasteiger partial charge is 0.0591 e. The van der Waals surface area contributed by atoms with Crippen LogP contribution in [0.2, 0.25) is 0 Å². The van der Waals surface area contributed by atoms with Crippen molar-refractivity contribution in [1.82, 2.24) is 0 Å². The Kier molecular flexibility index (Phi) is 4.29. The van der Waals surface area contributed by atoms with Crippen LogP contribution in [0.25, 0.3) is 0 Å². The van der Waals surface area contributed by atoms with Crippen LogP contribution >= 0.6 is 11.8 Å². The molecule has 3 atom stereocenters. The maximum absolute atomic E-state index is 6.00. The number of hydrogen-bond donors (Lipinski definition) is 0. The van der Waals surface area contributed by atoms with E-state index >= 15 is 0 Å². The molecule has 1 aliphatic heterocycles. The Bertz CT molecular complexity index is 429. The third-order valence-electron chi connectivity index (χ3n) is 4.27. The number of benzene rings is 1. The van der Waals surface area contributed by atoms with Crippen LogP contribution < -0.4 is 0 Å². The van der Waals surface area contributed by atoms with Gasteiger partial charge in [-0.2, -0.15) is 0 Å². The summed E-state index contributed by atoms with van der Waals surface area (Å²) in [6.07, 6.45) is 8.20. The lowest BCUT2D eigenvalue weighted by Crippen LogP contribution is -2.22. The van der Waals surface area contributed by atoms with Crippen molar-refractivity contribution in [2.75, 3.05) is 13.2 Å². The van der Waals surface area contributed by atoms with Gasteiger partial charge in [0.15, 0.2) is 0 Å². The second kappa shape index (κ2) is 6.15. The summed E-state index contributed by atoms with van der Waals surface area (Å²) in [7, 11) is 0. The van der Waals surface area contributed by atoms with Crippen molar-refractivity contribution in [1.29, 1.82) is 0 Å². The first kappa shape index (κ1) is 13.3. The van der Waals surface area contributed by atoms with Crippen LogP contribution in [0.4, 0.5) is 0 Å². The van der Waals surface area contributed by atoms with Crippen molar-refractivity contribution in [3.05, 3.63) is 42.0 Å². The molecule has 0 saturated heterocycles. The van der Waals surface area contributed by atoms with Gasteiger partial charge < -0.3 is 4.74 Å². The van der Waals surface area contributed by atoms with E-state index in [9.17, 15) is 0 Å². The lowest BCUT2D eigenvalue weighted by Gasteiger charge is -2.25. The van der Waals surface area contributed by atoms with Crippen LogP contribution in [0, 0.1) is 11.8 Å². The minimum absolute atomic E-state index is 0.617. The van der Waals surface area contributed by atoms with E-state index in [-0.39, 0.29) is 0 Å². The maximum atomic E-state index is 6.00. The molecular weight excluding hydrogens is 252 g/mol. The average molecular weight is 274 g/mol. The average Bonchev–Trinajstić information content (AvgIpc) is 2.83. The molecule has 0 saturated carbocycles. The van der Waals surface area contributed by atoms with Gasteiger partial charge in [-0.05, 0) is 42.7 Å². The second-order valence-corrected chi connectivity index (χ2v) is 7.11. The molecule has 3 rings (SSSR count). The molecule has 0 aromatic heterocycles. The molecule has 2 aliphatic rings. The number of thioether (sulfide) groups is 1. The first-order valence-corrected chi connectivity index (χ1v) is 8.18. The van der Waals surface area contributed by atoms with Crippen molar-refractivity contribution < 1.29 is 4.74 Å². The van der Waals surface area contributed by atoms with E-state index in [1.54, 1.807) is 0 Å². The zero-order valence-corrected chi connectivity index (χ0v) is 12.4. The van der Waals surface area contributed by atoms with Crippen LogP contribution in [-0.4, -0.2) is 18.5 Å². The quantitative estimate of drug-likeness (QED) is 0.756. The minimum Gasteiger partial charge on any atom is -0.380 e. The number of rotatable bonds is 4. The fourth-order valence-corrected chi connectivity index (χ4v) is 4.18. The van der Waals surface area contributed by atoms with E-state index in [2.05, 4.69) is 43.3 Å². The molecule has 1 aromatic rings. The van der Waals surface area contributed by atoms with Crippen molar-refractivity contribution in [2.45, 2.75) is 36.3 Å². The summed E-state index contributed by atoms with van der Waals surface area (Å²) in [6, 6.07) is 8.74. The van der Waals surface area contributed by atoms with Gasteiger partial charge in [-0.1, -0.05) is 37.3 Å².